The van der Waals surface area contributed by atoms with Gasteiger partial charge >= 0.3 is 5.97 Å². The number of aromatic carboxylic acids is 1. The molecule has 5 nitrogen and oxygen atoms in total. The fraction of sp³-hybridized carbons (Fsp3) is 0.500. The topological polar surface area (TPSA) is 60.9 Å². The lowest BCUT2D eigenvalue weighted by Gasteiger charge is -2.18. The molecule has 1 unspecified atom stereocenters. The first-order chi connectivity index (χ1) is 9.95. The molecular weight excluding hydrogens is 268 g/mol. The Bertz CT molecular complexity index is 528. The summed E-state index contributed by atoms with van der Waals surface area (Å²) in [5.74, 6) is -0.343. The molecule has 21 heavy (non-hydrogen) atoms. The fourth-order valence-electron chi connectivity index (χ4n) is 2.83. The van der Waals surface area contributed by atoms with Crippen LogP contribution in [0.3, 0.4) is 0 Å². The van der Waals surface area contributed by atoms with Crippen molar-refractivity contribution in [2.45, 2.75) is 12.8 Å². The van der Waals surface area contributed by atoms with Gasteiger partial charge in [-0.05, 0) is 44.1 Å². The Morgan fingerprint density at radius 1 is 1.38 bits per heavy atom. The maximum absolute atomic E-state index is 12.3. The number of benzene rings is 1. The smallest absolute Gasteiger partial charge is 0.335 e. The van der Waals surface area contributed by atoms with Gasteiger partial charge in [-0.25, -0.2) is 4.79 Å². The Kier molecular flexibility index (Phi) is 4.96. The second-order valence-electron chi connectivity index (χ2n) is 5.94. The highest BCUT2D eigenvalue weighted by molar-refractivity contribution is 5.88. The summed E-state index contributed by atoms with van der Waals surface area (Å²) in [4.78, 5) is 27.3. The molecule has 1 amide bonds. The highest BCUT2D eigenvalue weighted by atomic mass is 16.4. The largest absolute Gasteiger partial charge is 0.478 e. The van der Waals surface area contributed by atoms with E-state index < -0.39 is 5.97 Å². The predicted molar refractivity (Wildman–Crippen MR) is 80.3 cm³/mol. The monoisotopic (exact) mass is 290 g/mol. The van der Waals surface area contributed by atoms with Gasteiger partial charge in [0.05, 0.1) is 12.0 Å². The summed E-state index contributed by atoms with van der Waals surface area (Å²) >= 11 is 0. The van der Waals surface area contributed by atoms with Crippen molar-refractivity contribution in [1.82, 2.24) is 9.80 Å². The van der Waals surface area contributed by atoms with E-state index in [-0.39, 0.29) is 17.9 Å². The van der Waals surface area contributed by atoms with E-state index in [1.807, 2.05) is 19.0 Å². The number of carbonyl (C=O) groups is 2. The first kappa shape index (κ1) is 15.5. The number of hydrogen-bond acceptors (Lipinski definition) is 3. The van der Waals surface area contributed by atoms with E-state index in [1.54, 1.807) is 24.3 Å². The highest BCUT2D eigenvalue weighted by Gasteiger charge is 2.26. The van der Waals surface area contributed by atoms with Crippen LogP contribution in [0.25, 0.3) is 0 Å². The number of carbonyl (C=O) groups excluding carboxylic acids is 1. The normalized spacial score (nSPS) is 18.2. The Balaban J connectivity index is 1.93. The van der Waals surface area contributed by atoms with Gasteiger partial charge in [-0.2, -0.15) is 0 Å². The van der Waals surface area contributed by atoms with Crippen molar-refractivity contribution in [2.75, 3.05) is 33.7 Å². The van der Waals surface area contributed by atoms with Crippen molar-refractivity contribution in [3.05, 3.63) is 35.4 Å². The molecule has 1 aromatic rings. The number of nitrogens with zero attached hydrogens (tertiary/aromatic N) is 2. The number of hydrogen-bond donors (Lipinski definition) is 1. The zero-order chi connectivity index (χ0) is 15.4. The number of carboxylic acid groups (broad SMARTS) is 1. The molecule has 1 aliphatic rings. The molecule has 5 heteroatoms. The van der Waals surface area contributed by atoms with Crippen LogP contribution in [0.15, 0.2) is 24.3 Å². The predicted octanol–water partition coefficient (Wildman–Crippen LogP) is 1.34. The van der Waals surface area contributed by atoms with Crippen molar-refractivity contribution in [2.24, 2.45) is 5.92 Å². The zero-order valence-electron chi connectivity index (χ0n) is 12.6. The van der Waals surface area contributed by atoms with Gasteiger partial charge in [0.2, 0.25) is 5.91 Å². The molecule has 1 heterocycles. The average molecular weight is 290 g/mol. The molecule has 0 radical (unpaired) electrons. The third-order valence-corrected chi connectivity index (χ3v) is 3.79. The van der Waals surface area contributed by atoms with Crippen molar-refractivity contribution in [1.29, 1.82) is 0 Å². The molecular formula is C16H22N2O3. The van der Waals surface area contributed by atoms with Crippen molar-refractivity contribution < 1.29 is 14.7 Å². The summed E-state index contributed by atoms with van der Waals surface area (Å²) < 4.78 is 0. The van der Waals surface area contributed by atoms with Gasteiger partial charge < -0.3 is 14.9 Å². The minimum atomic E-state index is -0.962. The minimum absolute atomic E-state index is 0.0822. The number of carboxylic acids is 1. The molecule has 1 saturated heterocycles. The summed E-state index contributed by atoms with van der Waals surface area (Å²) in [5.41, 5.74) is 0.989. The molecule has 2 rings (SSSR count). The molecule has 0 spiro atoms. The van der Waals surface area contributed by atoms with Crippen molar-refractivity contribution >= 4 is 11.9 Å². The van der Waals surface area contributed by atoms with Crippen LogP contribution in [0, 0.1) is 5.92 Å². The summed E-state index contributed by atoms with van der Waals surface area (Å²) in [7, 11) is 4.09. The van der Waals surface area contributed by atoms with Crippen LogP contribution in [-0.2, 0) is 11.2 Å². The van der Waals surface area contributed by atoms with E-state index in [2.05, 4.69) is 4.90 Å². The van der Waals surface area contributed by atoms with Crippen LogP contribution in [0.5, 0.6) is 0 Å². The SMILES string of the molecule is CN(C)CC1CCN(C(=O)Cc2cccc(C(=O)O)c2)C1. The summed E-state index contributed by atoms with van der Waals surface area (Å²) in [6.07, 6.45) is 1.31. The number of likely N-dealkylation sites (tertiary alicyclic amines) is 1. The van der Waals surface area contributed by atoms with Crippen LogP contribution in [0.1, 0.15) is 22.3 Å². The van der Waals surface area contributed by atoms with Crippen molar-refractivity contribution in [3.63, 3.8) is 0 Å². The molecule has 1 fully saturated rings. The minimum Gasteiger partial charge on any atom is -0.478 e. The van der Waals surface area contributed by atoms with E-state index in [0.29, 0.717) is 5.92 Å². The summed E-state index contributed by atoms with van der Waals surface area (Å²) in [5, 5.41) is 8.97. The molecule has 1 atom stereocenters. The Hall–Kier alpha value is -1.88. The van der Waals surface area contributed by atoms with Crippen LogP contribution < -0.4 is 0 Å². The molecule has 0 aromatic heterocycles. The molecule has 1 N–H and O–H groups in total. The number of rotatable bonds is 5. The standard InChI is InChI=1S/C16H22N2O3/c1-17(2)10-13-6-7-18(11-13)15(19)9-12-4-3-5-14(8-12)16(20)21/h3-5,8,13H,6-7,9-11H2,1-2H3,(H,20,21). The van der Waals surface area contributed by atoms with Crippen LogP contribution >= 0.6 is 0 Å². The molecule has 0 saturated carbocycles. The first-order valence-corrected chi connectivity index (χ1v) is 7.20. The van der Waals surface area contributed by atoms with Crippen LogP contribution in [0.4, 0.5) is 0 Å². The van der Waals surface area contributed by atoms with Gasteiger partial charge in [0.15, 0.2) is 0 Å². The van der Waals surface area contributed by atoms with E-state index in [9.17, 15) is 9.59 Å². The van der Waals surface area contributed by atoms with E-state index in [1.165, 1.54) is 0 Å². The third-order valence-electron chi connectivity index (χ3n) is 3.79. The second kappa shape index (κ2) is 6.72. The van der Waals surface area contributed by atoms with E-state index in [4.69, 9.17) is 5.11 Å². The highest BCUT2D eigenvalue weighted by Crippen LogP contribution is 2.18. The van der Waals surface area contributed by atoms with Crippen LogP contribution in [-0.4, -0.2) is 60.5 Å². The Labute approximate surface area is 125 Å². The zero-order valence-corrected chi connectivity index (χ0v) is 12.6. The molecule has 1 aromatic carbocycles. The molecule has 0 aliphatic carbocycles. The Morgan fingerprint density at radius 3 is 2.81 bits per heavy atom. The first-order valence-electron chi connectivity index (χ1n) is 7.20. The van der Waals surface area contributed by atoms with E-state index >= 15 is 0 Å². The van der Waals surface area contributed by atoms with Gasteiger partial charge in [-0.15, -0.1) is 0 Å². The third kappa shape index (κ3) is 4.29. The second-order valence-corrected chi connectivity index (χ2v) is 5.94. The molecule has 1 aliphatic heterocycles. The van der Waals surface area contributed by atoms with Gasteiger partial charge in [-0.1, -0.05) is 12.1 Å². The van der Waals surface area contributed by atoms with Gasteiger partial charge in [-0.3, -0.25) is 4.79 Å². The van der Waals surface area contributed by atoms with Gasteiger partial charge in [0.25, 0.3) is 0 Å². The van der Waals surface area contributed by atoms with Gasteiger partial charge in [0, 0.05) is 19.6 Å². The lowest BCUT2D eigenvalue weighted by Crippen LogP contribution is -2.31. The maximum Gasteiger partial charge on any atom is 0.335 e. The molecule has 0 bridgehead atoms. The lowest BCUT2D eigenvalue weighted by molar-refractivity contribution is -0.129. The van der Waals surface area contributed by atoms with Crippen LogP contribution in [0.2, 0.25) is 0 Å². The summed E-state index contributed by atoms with van der Waals surface area (Å²) in [6.45, 7) is 2.60. The average Bonchev–Trinajstić information content (AvgIpc) is 2.86. The van der Waals surface area contributed by atoms with E-state index in [0.717, 1.165) is 31.6 Å². The quantitative estimate of drug-likeness (QED) is 0.889. The lowest BCUT2D eigenvalue weighted by atomic mass is 10.1. The molecule has 114 valence electrons. The maximum atomic E-state index is 12.3. The fourth-order valence-corrected chi connectivity index (χ4v) is 2.83. The summed E-state index contributed by atoms with van der Waals surface area (Å²) in [6, 6.07) is 6.61. The Morgan fingerprint density at radius 2 is 2.14 bits per heavy atom. The van der Waals surface area contributed by atoms with Gasteiger partial charge in [0.1, 0.15) is 0 Å². The number of amides is 1. The van der Waals surface area contributed by atoms with Crippen molar-refractivity contribution in [3.8, 4) is 0 Å².